The molecule has 2 fully saturated rings. The molecule has 1 atom stereocenters. The third kappa shape index (κ3) is 4.55. The lowest BCUT2D eigenvalue weighted by Crippen LogP contribution is -2.50. The van der Waals surface area contributed by atoms with Gasteiger partial charge in [0, 0.05) is 5.02 Å². The van der Waals surface area contributed by atoms with Gasteiger partial charge < -0.3 is 10.1 Å². The van der Waals surface area contributed by atoms with Crippen molar-refractivity contribution in [3.8, 4) is 11.1 Å². The molecule has 0 bridgehead atoms. The van der Waals surface area contributed by atoms with E-state index in [2.05, 4.69) is 5.32 Å². The zero-order valence-electron chi connectivity index (χ0n) is 17.5. The van der Waals surface area contributed by atoms with Gasteiger partial charge in [0.25, 0.3) is 0 Å². The van der Waals surface area contributed by atoms with Gasteiger partial charge in [-0.2, -0.15) is 13.2 Å². The number of hydrogen-bond donors (Lipinski definition) is 1. The first-order valence-electron chi connectivity index (χ1n) is 10.5. The number of halogens is 4. The van der Waals surface area contributed by atoms with E-state index in [-0.39, 0.29) is 24.5 Å². The summed E-state index contributed by atoms with van der Waals surface area (Å²) in [7, 11) is 0. The standard InChI is InChI=1S/C24H23ClF3NO3/c1-14-2-3-16(15-4-6-17(25)7-5-15)12-19(14)20-21(30)23(29-22(20)31)10-8-18(9-11-23)32-13-24(26,27)28/h2-7,12,18,20H,8-11,13H2,1H3,(H,29,31). The predicted molar refractivity (Wildman–Crippen MR) is 115 cm³/mol. The van der Waals surface area contributed by atoms with E-state index in [4.69, 9.17) is 16.3 Å². The molecule has 32 heavy (non-hydrogen) atoms. The fourth-order valence-corrected chi connectivity index (χ4v) is 4.78. The number of nitrogens with one attached hydrogen (secondary N) is 1. The van der Waals surface area contributed by atoms with Gasteiger partial charge in [0.1, 0.15) is 12.5 Å². The first kappa shape index (κ1) is 22.8. The maximum Gasteiger partial charge on any atom is 0.411 e. The van der Waals surface area contributed by atoms with E-state index in [0.29, 0.717) is 23.4 Å². The van der Waals surface area contributed by atoms with Crippen molar-refractivity contribution < 1.29 is 27.5 Å². The van der Waals surface area contributed by atoms with Crippen LogP contribution < -0.4 is 5.32 Å². The van der Waals surface area contributed by atoms with E-state index in [1.807, 2.05) is 37.3 Å². The Morgan fingerprint density at radius 1 is 1.06 bits per heavy atom. The van der Waals surface area contributed by atoms with E-state index in [1.165, 1.54) is 0 Å². The number of alkyl halides is 3. The smallest absolute Gasteiger partial charge is 0.369 e. The second kappa shape index (κ2) is 8.52. The minimum atomic E-state index is -4.38. The average molecular weight is 466 g/mol. The van der Waals surface area contributed by atoms with Crippen LogP contribution in [0.25, 0.3) is 11.1 Å². The predicted octanol–water partition coefficient (Wildman–Crippen LogP) is 5.36. The number of carbonyl (C=O) groups is 2. The molecule has 1 unspecified atom stereocenters. The van der Waals surface area contributed by atoms with Crippen molar-refractivity contribution in [1.82, 2.24) is 5.32 Å². The third-order valence-electron chi connectivity index (χ3n) is 6.40. The Morgan fingerprint density at radius 3 is 2.31 bits per heavy atom. The summed E-state index contributed by atoms with van der Waals surface area (Å²) >= 11 is 5.97. The van der Waals surface area contributed by atoms with Crippen molar-refractivity contribution in [2.75, 3.05) is 6.61 Å². The molecule has 2 aromatic rings. The molecular formula is C24H23ClF3NO3. The van der Waals surface area contributed by atoms with Crippen molar-refractivity contribution in [3.63, 3.8) is 0 Å². The number of rotatable bonds is 4. The lowest BCUT2D eigenvalue weighted by molar-refractivity contribution is -0.189. The van der Waals surface area contributed by atoms with Gasteiger partial charge in [-0.05, 0) is 73.1 Å². The number of hydrogen-bond acceptors (Lipinski definition) is 3. The van der Waals surface area contributed by atoms with Crippen LogP contribution in [-0.4, -0.2) is 36.1 Å². The van der Waals surface area contributed by atoms with Crippen LogP contribution in [0, 0.1) is 6.92 Å². The topological polar surface area (TPSA) is 55.4 Å². The summed E-state index contributed by atoms with van der Waals surface area (Å²) < 4.78 is 42.2. The molecule has 8 heteroatoms. The Hall–Kier alpha value is -2.38. The van der Waals surface area contributed by atoms with Crippen LogP contribution in [0.1, 0.15) is 42.7 Å². The van der Waals surface area contributed by atoms with Gasteiger partial charge in [0.2, 0.25) is 5.91 Å². The number of amides is 1. The second-order valence-electron chi connectivity index (χ2n) is 8.57. The molecule has 1 aliphatic heterocycles. The monoisotopic (exact) mass is 465 g/mol. The summed E-state index contributed by atoms with van der Waals surface area (Å²) in [6.45, 7) is 0.554. The summed E-state index contributed by atoms with van der Waals surface area (Å²) in [4.78, 5) is 26.4. The van der Waals surface area contributed by atoms with Gasteiger partial charge >= 0.3 is 6.18 Å². The minimum absolute atomic E-state index is 0.215. The summed E-state index contributed by atoms with van der Waals surface area (Å²) in [5.74, 6) is -1.51. The largest absolute Gasteiger partial charge is 0.411 e. The summed E-state index contributed by atoms with van der Waals surface area (Å²) in [5.41, 5.74) is 2.22. The zero-order valence-corrected chi connectivity index (χ0v) is 18.2. The molecule has 1 N–H and O–H groups in total. The summed E-state index contributed by atoms with van der Waals surface area (Å²) in [6, 6.07) is 13.0. The van der Waals surface area contributed by atoms with Crippen LogP contribution in [-0.2, 0) is 14.3 Å². The maximum atomic E-state index is 13.4. The van der Waals surface area contributed by atoms with E-state index in [9.17, 15) is 22.8 Å². The minimum Gasteiger partial charge on any atom is -0.369 e. The van der Waals surface area contributed by atoms with Crippen molar-refractivity contribution in [2.45, 2.75) is 56.3 Å². The molecular weight excluding hydrogens is 443 g/mol. The van der Waals surface area contributed by atoms with Crippen LogP contribution in [0.4, 0.5) is 13.2 Å². The average Bonchev–Trinajstić information content (AvgIpc) is 2.97. The highest BCUT2D eigenvalue weighted by Crippen LogP contribution is 2.41. The Balaban J connectivity index is 1.54. The van der Waals surface area contributed by atoms with Crippen molar-refractivity contribution in [1.29, 1.82) is 0 Å². The highest BCUT2D eigenvalue weighted by atomic mass is 35.5. The molecule has 1 heterocycles. The maximum absolute atomic E-state index is 13.4. The molecule has 2 aromatic carbocycles. The molecule has 4 rings (SSSR count). The van der Waals surface area contributed by atoms with E-state index < -0.39 is 30.3 Å². The third-order valence-corrected chi connectivity index (χ3v) is 6.65. The fourth-order valence-electron chi connectivity index (χ4n) is 4.66. The van der Waals surface area contributed by atoms with Crippen molar-refractivity contribution >= 4 is 23.3 Å². The van der Waals surface area contributed by atoms with Gasteiger partial charge in [-0.15, -0.1) is 0 Å². The molecule has 1 amide bonds. The first-order chi connectivity index (χ1) is 15.1. The summed E-state index contributed by atoms with van der Waals surface area (Å²) in [6.07, 6.45) is -3.83. The molecule has 1 saturated heterocycles. The molecule has 1 spiro atoms. The molecule has 4 nitrogen and oxygen atoms in total. The number of aryl methyl sites for hydroxylation is 1. The van der Waals surface area contributed by atoms with Gasteiger partial charge in [0.15, 0.2) is 5.78 Å². The summed E-state index contributed by atoms with van der Waals surface area (Å²) in [5, 5.41) is 3.48. The Bertz CT molecular complexity index is 1030. The Morgan fingerprint density at radius 2 is 1.69 bits per heavy atom. The number of benzene rings is 2. The quantitative estimate of drug-likeness (QED) is 0.618. The second-order valence-corrected chi connectivity index (χ2v) is 9.01. The lowest BCUT2D eigenvalue weighted by atomic mass is 9.75. The highest BCUT2D eigenvalue weighted by molar-refractivity contribution is 6.30. The molecule has 170 valence electrons. The number of ketones is 1. The van der Waals surface area contributed by atoms with Gasteiger partial charge in [-0.3, -0.25) is 9.59 Å². The number of carbonyl (C=O) groups excluding carboxylic acids is 2. The zero-order chi connectivity index (χ0) is 23.1. The number of Topliss-reactive ketones (excluding diaryl/α,β-unsaturated/α-hetero) is 1. The van der Waals surface area contributed by atoms with Crippen molar-refractivity contribution in [3.05, 3.63) is 58.6 Å². The van der Waals surface area contributed by atoms with Gasteiger partial charge in [-0.1, -0.05) is 35.9 Å². The lowest BCUT2D eigenvalue weighted by Gasteiger charge is -2.35. The van der Waals surface area contributed by atoms with Crippen LogP contribution >= 0.6 is 11.6 Å². The van der Waals surface area contributed by atoms with Gasteiger partial charge in [0.05, 0.1) is 11.6 Å². The molecule has 0 radical (unpaired) electrons. The van der Waals surface area contributed by atoms with Crippen molar-refractivity contribution in [2.24, 2.45) is 0 Å². The van der Waals surface area contributed by atoms with Crippen LogP contribution in [0.15, 0.2) is 42.5 Å². The SMILES string of the molecule is Cc1ccc(-c2ccc(Cl)cc2)cc1C1C(=O)NC2(CCC(OCC(F)(F)F)CC2)C1=O. The molecule has 2 aliphatic rings. The normalized spacial score (nSPS) is 25.9. The van der Waals surface area contributed by atoms with Crippen LogP contribution in [0.5, 0.6) is 0 Å². The van der Waals surface area contributed by atoms with Crippen LogP contribution in [0.3, 0.4) is 0 Å². The fraction of sp³-hybridized carbons (Fsp3) is 0.417. The van der Waals surface area contributed by atoms with Gasteiger partial charge in [-0.25, -0.2) is 0 Å². The van der Waals surface area contributed by atoms with E-state index in [1.54, 1.807) is 12.1 Å². The Kier molecular flexibility index (Phi) is 6.07. The van der Waals surface area contributed by atoms with E-state index in [0.717, 1.165) is 16.7 Å². The van der Waals surface area contributed by atoms with E-state index >= 15 is 0 Å². The molecule has 0 aromatic heterocycles. The Labute approximate surface area is 189 Å². The highest BCUT2D eigenvalue weighted by Gasteiger charge is 2.54. The number of ether oxygens (including phenoxy) is 1. The molecule has 1 aliphatic carbocycles. The molecule has 1 saturated carbocycles. The first-order valence-corrected chi connectivity index (χ1v) is 10.9. The van der Waals surface area contributed by atoms with Crippen LogP contribution in [0.2, 0.25) is 5.02 Å².